The smallest absolute Gasteiger partial charge is 0.325 e. The topological polar surface area (TPSA) is 114 Å². The number of likely N-dealkylation sites (tertiary alicyclic amines) is 1. The van der Waals surface area contributed by atoms with Crippen LogP contribution in [-0.4, -0.2) is 89.4 Å². The largest absolute Gasteiger partial charge is 0.443 e. The van der Waals surface area contributed by atoms with Crippen molar-refractivity contribution in [1.29, 1.82) is 0 Å². The van der Waals surface area contributed by atoms with E-state index in [1.54, 1.807) is 12.1 Å². The molecule has 0 spiro atoms. The summed E-state index contributed by atoms with van der Waals surface area (Å²) in [5, 5.41) is 0. The summed E-state index contributed by atoms with van der Waals surface area (Å²) in [5.74, 6) is -2.93. The zero-order valence-corrected chi connectivity index (χ0v) is 18.7. The second kappa shape index (κ2) is 9.40. The number of carbonyl (C=O) groups is 5. The number of hydrogen-bond donors (Lipinski definition) is 0. The van der Waals surface area contributed by atoms with Gasteiger partial charge < -0.3 is 9.47 Å². The number of hydrogen-bond acceptors (Lipinski definition) is 8. The van der Waals surface area contributed by atoms with Crippen molar-refractivity contribution in [3.63, 3.8) is 0 Å². The van der Waals surface area contributed by atoms with Gasteiger partial charge in [0.05, 0.1) is 24.3 Å². The van der Waals surface area contributed by atoms with Crippen LogP contribution in [0.5, 0.6) is 0 Å². The Kier molecular flexibility index (Phi) is 6.57. The standard InChI is InChI=1S/C23H27N3O7/c1-14(2)19(24-9-11-32-12-10-24)23(31)33-13-25-18(27)8-7-17(22(25)30)26-20(28)15-5-3-4-6-16(15)21(26)29/h3-6,14,17,19H,7-13H2,1-2H3/t17-,19?/m0/s1. The number of fused-ring (bicyclic) bond motifs is 1. The second-order valence-corrected chi connectivity index (χ2v) is 8.67. The number of ether oxygens (including phenoxy) is 2. The van der Waals surface area contributed by atoms with Gasteiger partial charge in [0.25, 0.3) is 17.7 Å². The van der Waals surface area contributed by atoms with Crippen molar-refractivity contribution in [1.82, 2.24) is 14.7 Å². The number of benzene rings is 1. The van der Waals surface area contributed by atoms with Gasteiger partial charge in [-0.2, -0.15) is 0 Å². The molecule has 10 heteroatoms. The molecule has 0 N–H and O–H groups in total. The van der Waals surface area contributed by atoms with Crippen LogP contribution >= 0.6 is 0 Å². The Labute approximate surface area is 191 Å². The molecule has 0 bridgehead atoms. The van der Waals surface area contributed by atoms with Crippen molar-refractivity contribution in [3.05, 3.63) is 35.4 Å². The average molecular weight is 457 g/mol. The van der Waals surface area contributed by atoms with Gasteiger partial charge in [0.15, 0.2) is 6.73 Å². The summed E-state index contributed by atoms with van der Waals surface area (Å²) in [6.07, 6.45) is -0.00554. The number of piperidine rings is 1. The van der Waals surface area contributed by atoms with Gasteiger partial charge in [-0.15, -0.1) is 0 Å². The highest BCUT2D eigenvalue weighted by Gasteiger charge is 2.47. The Morgan fingerprint density at radius 2 is 1.67 bits per heavy atom. The molecule has 10 nitrogen and oxygen atoms in total. The molecule has 0 saturated carbocycles. The van der Waals surface area contributed by atoms with Gasteiger partial charge in [0.2, 0.25) is 5.91 Å². The Hall–Kier alpha value is -3.11. The number of rotatable bonds is 6. The number of carbonyl (C=O) groups excluding carboxylic acids is 5. The number of esters is 1. The molecule has 2 atom stereocenters. The molecular weight excluding hydrogens is 430 g/mol. The van der Waals surface area contributed by atoms with Crippen LogP contribution in [0, 0.1) is 5.92 Å². The predicted octanol–water partition coefficient (Wildman–Crippen LogP) is 0.658. The van der Waals surface area contributed by atoms with Crippen LogP contribution in [0.15, 0.2) is 24.3 Å². The van der Waals surface area contributed by atoms with Gasteiger partial charge in [-0.25, -0.2) is 4.90 Å². The van der Waals surface area contributed by atoms with Crippen LogP contribution in [0.2, 0.25) is 0 Å². The van der Waals surface area contributed by atoms with Crippen LogP contribution in [0.4, 0.5) is 0 Å². The van der Waals surface area contributed by atoms with Crippen LogP contribution < -0.4 is 0 Å². The van der Waals surface area contributed by atoms with E-state index in [0.717, 1.165) is 9.80 Å². The summed E-state index contributed by atoms with van der Waals surface area (Å²) in [5.41, 5.74) is 0.464. The maximum atomic E-state index is 13.1. The molecule has 2 fully saturated rings. The van der Waals surface area contributed by atoms with Crippen LogP contribution in [-0.2, 0) is 23.9 Å². The lowest BCUT2D eigenvalue weighted by molar-refractivity contribution is -0.168. The van der Waals surface area contributed by atoms with Crippen molar-refractivity contribution in [2.24, 2.45) is 5.92 Å². The zero-order valence-electron chi connectivity index (χ0n) is 18.7. The van der Waals surface area contributed by atoms with E-state index in [1.807, 2.05) is 18.7 Å². The lowest BCUT2D eigenvalue weighted by atomic mass is 10.0. The van der Waals surface area contributed by atoms with E-state index in [1.165, 1.54) is 12.1 Å². The molecule has 1 aromatic carbocycles. The molecule has 2 saturated heterocycles. The Morgan fingerprint density at radius 3 is 2.24 bits per heavy atom. The van der Waals surface area contributed by atoms with E-state index in [9.17, 15) is 24.0 Å². The average Bonchev–Trinajstić information content (AvgIpc) is 3.05. The highest BCUT2D eigenvalue weighted by Crippen LogP contribution is 2.29. The van der Waals surface area contributed by atoms with E-state index in [2.05, 4.69) is 0 Å². The molecular formula is C23H27N3O7. The first-order valence-corrected chi connectivity index (χ1v) is 11.1. The molecule has 3 heterocycles. The molecule has 4 amide bonds. The number of nitrogens with zero attached hydrogens (tertiary/aromatic N) is 3. The lowest BCUT2D eigenvalue weighted by Gasteiger charge is -2.36. The summed E-state index contributed by atoms with van der Waals surface area (Å²) in [6.45, 7) is 5.45. The first kappa shape index (κ1) is 23.1. The predicted molar refractivity (Wildman–Crippen MR) is 114 cm³/mol. The van der Waals surface area contributed by atoms with Crippen LogP contribution in [0.25, 0.3) is 0 Å². The summed E-state index contributed by atoms with van der Waals surface area (Å²) >= 11 is 0. The third-order valence-corrected chi connectivity index (χ3v) is 6.27. The summed E-state index contributed by atoms with van der Waals surface area (Å²) in [6, 6.07) is 4.71. The normalized spacial score (nSPS) is 22.7. The summed E-state index contributed by atoms with van der Waals surface area (Å²) in [4.78, 5) is 67.7. The molecule has 0 aromatic heterocycles. The number of imide groups is 2. The zero-order chi connectivity index (χ0) is 23.7. The summed E-state index contributed by atoms with van der Waals surface area (Å²) in [7, 11) is 0. The van der Waals surface area contributed by atoms with E-state index in [-0.39, 0.29) is 29.9 Å². The Balaban J connectivity index is 1.45. The maximum Gasteiger partial charge on any atom is 0.325 e. The number of morpholine rings is 1. The molecule has 4 rings (SSSR count). The minimum absolute atomic E-state index is 0.0377. The molecule has 0 radical (unpaired) electrons. The fourth-order valence-corrected chi connectivity index (χ4v) is 4.60. The van der Waals surface area contributed by atoms with E-state index in [0.29, 0.717) is 26.3 Å². The van der Waals surface area contributed by atoms with Crippen LogP contribution in [0.3, 0.4) is 0 Å². The Bertz CT molecular complexity index is 951. The van der Waals surface area contributed by atoms with E-state index >= 15 is 0 Å². The van der Waals surface area contributed by atoms with Crippen molar-refractivity contribution in [2.45, 2.75) is 38.8 Å². The molecule has 0 aliphatic carbocycles. The van der Waals surface area contributed by atoms with Crippen molar-refractivity contribution >= 4 is 29.6 Å². The van der Waals surface area contributed by atoms with Crippen LogP contribution in [0.1, 0.15) is 47.4 Å². The SMILES string of the molecule is CC(C)C(C(=O)OCN1C(=O)CC[C@H](N2C(=O)c3ccccc3C2=O)C1=O)N1CCOCC1. The highest BCUT2D eigenvalue weighted by atomic mass is 16.5. The monoisotopic (exact) mass is 457 g/mol. The van der Waals surface area contributed by atoms with Gasteiger partial charge in [0, 0.05) is 19.5 Å². The van der Waals surface area contributed by atoms with Crippen molar-refractivity contribution < 1.29 is 33.4 Å². The van der Waals surface area contributed by atoms with Gasteiger partial charge in [-0.1, -0.05) is 26.0 Å². The van der Waals surface area contributed by atoms with E-state index < -0.39 is 48.4 Å². The molecule has 1 aromatic rings. The molecule has 33 heavy (non-hydrogen) atoms. The molecule has 176 valence electrons. The van der Waals surface area contributed by atoms with Gasteiger partial charge >= 0.3 is 5.97 Å². The van der Waals surface area contributed by atoms with Gasteiger partial charge in [0.1, 0.15) is 12.1 Å². The first-order valence-electron chi connectivity index (χ1n) is 11.1. The minimum Gasteiger partial charge on any atom is -0.443 e. The van der Waals surface area contributed by atoms with Crippen molar-refractivity contribution in [2.75, 3.05) is 33.0 Å². The van der Waals surface area contributed by atoms with Gasteiger partial charge in [-0.3, -0.25) is 33.8 Å². The second-order valence-electron chi connectivity index (χ2n) is 8.67. The molecule has 1 unspecified atom stereocenters. The fourth-order valence-electron chi connectivity index (χ4n) is 4.60. The van der Waals surface area contributed by atoms with E-state index in [4.69, 9.17) is 9.47 Å². The third-order valence-electron chi connectivity index (χ3n) is 6.27. The van der Waals surface area contributed by atoms with Crippen molar-refractivity contribution in [3.8, 4) is 0 Å². The molecule has 3 aliphatic rings. The quantitative estimate of drug-likeness (QED) is 0.452. The lowest BCUT2D eigenvalue weighted by Crippen LogP contribution is -2.57. The highest BCUT2D eigenvalue weighted by molar-refractivity contribution is 6.23. The minimum atomic E-state index is -1.12. The summed E-state index contributed by atoms with van der Waals surface area (Å²) < 4.78 is 10.7. The first-order chi connectivity index (χ1) is 15.8. The third kappa shape index (κ3) is 4.28. The Morgan fingerprint density at radius 1 is 1.06 bits per heavy atom. The van der Waals surface area contributed by atoms with Gasteiger partial charge in [-0.05, 0) is 24.5 Å². The fraction of sp³-hybridized carbons (Fsp3) is 0.522. The molecule has 3 aliphatic heterocycles. The number of amides is 4. The maximum absolute atomic E-state index is 13.1.